The molecule has 7 nitrogen and oxygen atoms in total. The van der Waals surface area contributed by atoms with Gasteiger partial charge in [0, 0.05) is 37.1 Å². The number of furan rings is 1. The quantitative estimate of drug-likeness (QED) is 0.586. The number of rotatable bonds is 4. The lowest BCUT2D eigenvalue weighted by Gasteiger charge is -2.33. The monoisotopic (exact) mass is 466 g/mol. The molecule has 1 saturated heterocycles. The topological polar surface area (TPSA) is 80.1 Å². The molecule has 1 aliphatic heterocycles. The predicted octanol–water partition coefficient (Wildman–Crippen LogP) is 3.69. The van der Waals surface area contributed by atoms with Crippen molar-refractivity contribution in [3.05, 3.63) is 58.6 Å². The summed E-state index contributed by atoms with van der Waals surface area (Å²) in [7, 11) is -2.28. The smallest absolute Gasteiger partial charge is 0.289 e. The second-order valence-corrected chi connectivity index (χ2v) is 9.54. The van der Waals surface area contributed by atoms with Crippen LogP contribution in [0.5, 0.6) is 5.75 Å². The SMILES string of the molecule is COc1ccc2oc(C(=O)N3CCN(S(=O)(=O)c4ccc(F)c(Cl)c4)CC3)c(C)c2c1. The van der Waals surface area contributed by atoms with E-state index in [1.165, 1.54) is 10.4 Å². The normalized spacial score (nSPS) is 15.4. The van der Waals surface area contributed by atoms with E-state index >= 15 is 0 Å². The molecule has 0 saturated carbocycles. The van der Waals surface area contributed by atoms with Crippen LogP contribution in [-0.4, -0.2) is 56.8 Å². The van der Waals surface area contributed by atoms with Crippen LogP contribution in [0.4, 0.5) is 4.39 Å². The number of hydrogen-bond acceptors (Lipinski definition) is 5. The molecule has 1 amide bonds. The highest BCUT2D eigenvalue weighted by Crippen LogP contribution is 2.30. The molecule has 1 aliphatic rings. The van der Waals surface area contributed by atoms with Crippen LogP contribution in [0.25, 0.3) is 11.0 Å². The molecule has 4 rings (SSSR count). The Morgan fingerprint density at radius 1 is 1.13 bits per heavy atom. The van der Waals surface area contributed by atoms with Crippen LogP contribution in [0.3, 0.4) is 0 Å². The van der Waals surface area contributed by atoms with Crippen molar-refractivity contribution in [2.75, 3.05) is 33.3 Å². The molecule has 0 atom stereocenters. The van der Waals surface area contributed by atoms with E-state index in [2.05, 4.69) is 0 Å². The van der Waals surface area contributed by atoms with Gasteiger partial charge >= 0.3 is 0 Å². The third-order valence-electron chi connectivity index (χ3n) is 5.39. The fourth-order valence-electron chi connectivity index (χ4n) is 3.59. The molecule has 2 aromatic carbocycles. The van der Waals surface area contributed by atoms with Crippen molar-refractivity contribution in [1.29, 1.82) is 0 Å². The average Bonchev–Trinajstić information content (AvgIpc) is 3.10. The first-order valence-corrected chi connectivity index (χ1v) is 11.4. The van der Waals surface area contributed by atoms with E-state index in [1.807, 2.05) is 6.07 Å². The number of hydrogen-bond donors (Lipinski definition) is 0. The van der Waals surface area contributed by atoms with Gasteiger partial charge in [0.25, 0.3) is 5.91 Å². The van der Waals surface area contributed by atoms with Crippen LogP contribution in [-0.2, 0) is 10.0 Å². The van der Waals surface area contributed by atoms with Crippen molar-refractivity contribution >= 4 is 38.5 Å². The third kappa shape index (κ3) is 3.88. The van der Waals surface area contributed by atoms with Crippen molar-refractivity contribution in [3.8, 4) is 5.75 Å². The fraction of sp³-hybridized carbons (Fsp3) is 0.286. The number of carbonyl (C=O) groups excluding carboxylic acids is 1. The number of benzene rings is 2. The molecule has 0 bridgehead atoms. The Morgan fingerprint density at radius 3 is 2.48 bits per heavy atom. The minimum absolute atomic E-state index is 0.0826. The number of carbonyl (C=O) groups is 1. The minimum atomic E-state index is -3.84. The van der Waals surface area contributed by atoms with Gasteiger partial charge in [0.1, 0.15) is 17.1 Å². The van der Waals surface area contributed by atoms with Gasteiger partial charge < -0.3 is 14.1 Å². The van der Waals surface area contributed by atoms with Crippen molar-refractivity contribution in [3.63, 3.8) is 0 Å². The Hall–Kier alpha value is -2.62. The van der Waals surface area contributed by atoms with Crippen LogP contribution in [0, 0.1) is 12.7 Å². The molecular weight excluding hydrogens is 447 g/mol. The maximum Gasteiger partial charge on any atom is 0.289 e. The molecule has 164 valence electrons. The van der Waals surface area contributed by atoms with Gasteiger partial charge in [-0.1, -0.05) is 11.6 Å². The first kappa shape index (κ1) is 21.6. The van der Waals surface area contributed by atoms with Gasteiger partial charge in [-0.15, -0.1) is 0 Å². The van der Waals surface area contributed by atoms with Crippen LogP contribution in [0.2, 0.25) is 5.02 Å². The molecule has 0 radical (unpaired) electrons. The first-order valence-electron chi connectivity index (χ1n) is 9.54. The highest BCUT2D eigenvalue weighted by molar-refractivity contribution is 7.89. The Kier molecular flexibility index (Phi) is 5.67. The zero-order valence-electron chi connectivity index (χ0n) is 16.9. The average molecular weight is 467 g/mol. The van der Waals surface area contributed by atoms with Crippen molar-refractivity contribution in [2.45, 2.75) is 11.8 Å². The largest absolute Gasteiger partial charge is 0.497 e. The van der Waals surface area contributed by atoms with E-state index in [-0.39, 0.29) is 47.8 Å². The zero-order valence-corrected chi connectivity index (χ0v) is 18.5. The lowest BCUT2D eigenvalue weighted by Crippen LogP contribution is -2.50. The van der Waals surface area contributed by atoms with Crippen molar-refractivity contribution in [2.24, 2.45) is 0 Å². The summed E-state index contributed by atoms with van der Waals surface area (Å²) in [6.07, 6.45) is 0. The summed E-state index contributed by atoms with van der Waals surface area (Å²) in [4.78, 5) is 14.5. The van der Waals surface area contributed by atoms with E-state index in [0.29, 0.717) is 16.9 Å². The van der Waals surface area contributed by atoms with Gasteiger partial charge in [0.15, 0.2) is 5.76 Å². The maximum absolute atomic E-state index is 13.4. The van der Waals surface area contributed by atoms with Gasteiger partial charge in [0.2, 0.25) is 10.0 Å². The number of ether oxygens (including phenoxy) is 1. The standard InChI is InChI=1S/C21H20ClFN2O5S/c1-13-16-11-14(29-2)3-6-19(16)30-20(13)21(26)24-7-9-25(10-8-24)31(27,28)15-4-5-18(23)17(22)12-15/h3-6,11-12H,7-10H2,1-2H3. The van der Waals surface area contributed by atoms with E-state index in [9.17, 15) is 17.6 Å². The Bertz CT molecular complexity index is 1270. The second kappa shape index (κ2) is 8.14. The number of methoxy groups -OCH3 is 1. The molecule has 31 heavy (non-hydrogen) atoms. The number of piperazine rings is 1. The molecule has 1 aromatic heterocycles. The molecule has 1 fully saturated rings. The van der Waals surface area contributed by atoms with Crippen LogP contribution in [0.15, 0.2) is 45.7 Å². The Labute approximate surface area is 184 Å². The summed E-state index contributed by atoms with van der Waals surface area (Å²) < 4.78 is 51.3. The van der Waals surface area contributed by atoms with E-state index in [1.54, 1.807) is 31.1 Å². The summed E-state index contributed by atoms with van der Waals surface area (Å²) in [6.45, 7) is 2.42. The fourth-order valence-corrected chi connectivity index (χ4v) is 5.29. The molecule has 0 aliphatic carbocycles. The van der Waals surface area contributed by atoms with Crippen molar-refractivity contribution in [1.82, 2.24) is 9.21 Å². The van der Waals surface area contributed by atoms with Crippen LogP contribution < -0.4 is 4.74 Å². The van der Waals surface area contributed by atoms with Crippen molar-refractivity contribution < 1.29 is 26.8 Å². The first-order chi connectivity index (χ1) is 14.7. The lowest BCUT2D eigenvalue weighted by molar-refractivity contribution is 0.0667. The maximum atomic E-state index is 13.4. The van der Waals surface area contributed by atoms with E-state index < -0.39 is 15.8 Å². The minimum Gasteiger partial charge on any atom is -0.497 e. The lowest BCUT2D eigenvalue weighted by atomic mass is 10.1. The summed E-state index contributed by atoms with van der Waals surface area (Å²) in [5.41, 5.74) is 1.28. The summed E-state index contributed by atoms with van der Waals surface area (Å²) in [5, 5.41) is 0.531. The number of amides is 1. The second-order valence-electron chi connectivity index (χ2n) is 7.19. The highest BCUT2D eigenvalue weighted by Gasteiger charge is 2.32. The number of nitrogens with zero attached hydrogens (tertiary/aromatic N) is 2. The number of fused-ring (bicyclic) bond motifs is 1. The molecule has 0 N–H and O–H groups in total. The molecule has 0 spiro atoms. The number of halogens is 2. The van der Waals surface area contributed by atoms with E-state index in [4.69, 9.17) is 20.8 Å². The number of aryl methyl sites for hydroxylation is 1. The van der Waals surface area contributed by atoms with E-state index in [0.717, 1.165) is 17.5 Å². The third-order valence-corrected chi connectivity index (χ3v) is 7.58. The highest BCUT2D eigenvalue weighted by atomic mass is 35.5. The van der Waals surface area contributed by atoms with Gasteiger partial charge in [-0.05, 0) is 43.3 Å². The van der Waals surface area contributed by atoms with Gasteiger partial charge in [0.05, 0.1) is 17.0 Å². The Balaban J connectivity index is 1.51. The van der Waals surface area contributed by atoms with Gasteiger partial charge in [-0.2, -0.15) is 4.31 Å². The summed E-state index contributed by atoms with van der Waals surface area (Å²) in [5.74, 6) is -0.0932. The molecule has 10 heteroatoms. The molecule has 2 heterocycles. The van der Waals surface area contributed by atoms with Crippen LogP contribution in [0.1, 0.15) is 16.1 Å². The van der Waals surface area contributed by atoms with Gasteiger partial charge in [-0.25, -0.2) is 12.8 Å². The number of sulfonamides is 1. The Morgan fingerprint density at radius 2 is 1.84 bits per heavy atom. The summed E-state index contributed by atoms with van der Waals surface area (Å²) >= 11 is 5.73. The van der Waals surface area contributed by atoms with Crippen LogP contribution >= 0.6 is 11.6 Å². The molecular formula is C21H20ClFN2O5S. The molecule has 0 unspecified atom stereocenters. The predicted molar refractivity (Wildman–Crippen MR) is 114 cm³/mol. The zero-order chi connectivity index (χ0) is 22.3. The summed E-state index contributed by atoms with van der Waals surface area (Å²) in [6, 6.07) is 8.61. The molecule has 3 aromatic rings. The van der Waals surface area contributed by atoms with Gasteiger partial charge in [-0.3, -0.25) is 4.79 Å².